The number of halogens is 2. The Kier molecular flexibility index (Phi) is 5.51. The number of rotatable bonds is 5. The van der Waals surface area contributed by atoms with E-state index in [1.54, 1.807) is 42.5 Å². The minimum Gasteiger partial charge on any atom is -0.323 e. The van der Waals surface area contributed by atoms with Crippen molar-refractivity contribution in [2.75, 3.05) is 22.4 Å². The molecule has 0 aliphatic heterocycles. The topological polar surface area (TPSA) is 66.5 Å². The molecule has 2 rings (SSSR count). The molecule has 8 heteroatoms. The molecule has 0 bridgehead atoms. The number of benzene rings is 2. The van der Waals surface area contributed by atoms with Crippen LogP contribution in [-0.4, -0.2) is 27.1 Å². The number of carbonyl (C=O) groups is 1. The predicted octanol–water partition coefficient (Wildman–Crippen LogP) is 3.40. The van der Waals surface area contributed by atoms with Crippen LogP contribution in [0.15, 0.2) is 48.5 Å². The van der Waals surface area contributed by atoms with Crippen LogP contribution >= 0.6 is 23.2 Å². The standard InChI is InChI=1S/C15H14Cl2N2O3S/c1-23(21,22)19(14-9-5-3-7-12(14)17)10-15(20)18-13-8-4-2-6-11(13)16/h2-9H,10H2,1H3,(H,18,20). The van der Waals surface area contributed by atoms with Crippen molar-refractivity contribution in [3.8, 4) is 0 Å². The number of sulfonamides is 1. The van der Waals surface area contributed by atoms with E-state index in [1.165, 1.54) is 6.07 Å². The van der Waals surface area contributed by atoms with Gasteiger partial charge in [-0.15, -0.1) is 0 Å². The molecule has 0 radical (unpaired) electrons. The van der Waals surface area contributed by atoms with Gasteiger partial charge in [-0.2, -0.15) is 0 Å². The van der Waals surface area contributed by atoms with Crippen LogP contribution in [0.2, 0.25) is 10.0 Å². The molecule has 0 spiro atoms. The van der Waals surface area contributed by atoms with E-state index in [2.05, 4.69) is 5.32 Å². The van der Waals surface area contributed by atoms with Gasteiger partial charge in [0.15, 0.2) is 0 Å². The van der Waals surface area contributed by atoms with E-state index in [-0.39, 0.29) is 10.7 Å². The van der Waals surface area contributed by atoms with Crippen LogP contribution in [0, 0.1) is 0 Å². The Morgan fingerprint density at radius 3 is 2.17 bits per heavy atom. The maximum absolute atomic E-state index is 12.2. The summed E-state index contributed by atoms with van der Waals surface area (Å²) in [6.45, 7) is -0.409. The molecule has 0 aliphatic rings. The molecule has 1 amide bonds. The predicted molar refractivity (Wildman–Crippen MR) is 93.7 cm³/mol. The Balaban J connectivity index is 2.24. The van der Waals surface area contributed by atoms with Crippen LogP contribution < -0.4 is 9.62 Å². The van der Waals surface area contributed by atoms with Crippen molar-refractivity contribution in [1.82, 2.24) is 0 Å². The SMILES string of the molecule is CS(=O)(=O)N(CC(=O)Nc1ccccc1Cl)c1ccccc1Cl. The number of hydrogen-bond acceptors (Lipinski definition) is 3. The molecule has 0 unspecified atom stereocenters. The summed E-state index contributed by atoms with van der Waals surface area (Å²) in [4.78, 5) is 12.2. The maximum atomic E-state index is 12.2. The molecule has 0 atom stereocenters. The number of hydrogen-bond donors (Lipinski definition) is 1. The van der Waals surface area contributed by atoms with Crippen LogP contribution in [0.5, 0.6) is 0 Å². The lowest BCUT2D eigenvalue weighted by Gasteiger charge is -2.22. The number of anilines is 2. The average Bonchev–Trinajstić information content (AvgIpc) is 2.47. The van der Waals surface area contributed by atoms with E-state index in [1.807, 2.05) is 0 Å². The van der Waals surface area contributed by atoms with Crippen molar-refractivity contribution in [3.05, 3.63) is 58.6 Å². The fraction of sp³-hybridized carbons (Fsp3) is 0.133. The van der Waals surface area contributed by atoms with Gasteiger partial charge in [0.2, 0.25) is 15.9 Å². The summed E-state index contributed by atoms with van der Waals surface area (Å²) in [7, 11) is -3.68. The third-order valence-corrected chi connectivity index (χ3v) is 4.73. The number of amides is 1. The first-order valence-corrected chi connectivity index (χ1v) is 9.16. The minimum absolute atomic E-state index is 0.239. The largest absolute Gasteiger partial charge is 0.323 e. The van der Waals surface area contributed by atoms with Crippen molar-refractivity contribution in [2.45, 2.75) is 0 Å². The summed E-state index contributed by atoms with van der Waals surface area (Å²) < 4.78 is 24.9. The van der Waals surface area contributed by atoms with Crippen LogP contribution in [-0.2, 0) is 14.8 Å². The van der Waals surface area contributed by atoms with Gasteiger partial charge in [-0.1, -0.05) is 47.5 Å². The second-order valence-corrected chi connectivity index (χ2v) is 7.47. The van der Waals surface area contributed by atoms with Crippen molar-refractivity contribution in [3.63, 3.8) is 0 Å². The number of carbonyl (C=O) groups excluding carboxylic acids is 1. The van der Waals surface area contributed by atoms with Crippen molar-refractivity contribution in [1.29, 1.82) is 0 Å². The van der Waals surface area contributed by atoms with E-state index >= 15 is 0 Å². The third-order valence-electron chi connectivity index (χ3n) is 2.96. The Hall–Kier alpha value is -1.76. The summed E-state index contributed by atoms with van der Waals surface area (Å²) in [6.07, 6.45) is 1.01. The summed E-state index contributed by atoms with van der Waals surface area (Å²) in [5.41, 5.74) is 0.651. The lowest BCUT2D eigenvalue weighted by Crippen LogP contribution is -2.37. The van der Waals surface area contributed by atoms with Crippen LogP contribution in [0.1, 0.15) is 0 Å². The number of nitrogens with one attached hydrogen (secondary N) is 1. The lowest BCUT2D eigenvalue weighted by molar-refractivity contribution is -0.114. The highest BCUT2D eigenvalue weighted by Gasteiger charge is 2.23. The second kappa shape index (κ2) is 7.21. The minimum atomic E-state index is -3.68. The monoisotopic (exact) mass is 372 g/mol. The molecular weight excluding hydrogens is 359 g/mol. The zero-order chi connectivity index (χ0) is 17.0. The quantitative estimate of drug-likeness (QED) is 0.874. The summed E-state index contributed by atoms with van der Waals surface area (Å²) >= 11 is 12.0. The van der Waals surface area contributed by atoms with Gasteiger partial charge in [0.1, 0.15) is 6.54 Å². The average molecular weight is 373 g/mol. The first kappa shape index (κ1) is 17.6. The van der Waals surface area contributed by atoms with Crippen molar-refractivity contribution >= 4 is 50.5 Å². The molecule has 0 saturated heterocycles. The molecule has 122 valence electrons. The second-order valence-electron chi connectivity index (χ2n) is 4.75. The molecule has 5 nitrogen and oxygen atoms in total. The maximum Gasteiger partial charge on any atom is 0.245 e. The number of para-hydroxylation sites is 2. The zero-order valence-electron chi connectivity index (χ0n) is 12.2. The molecule has 0 aliphatic carbocycles. The Morgan fingerprint density at radius 2 is 1.61 bits per heavy atom. The summed E-state index contributed by atoms with van der Waals surface area (Å²) in [5.74, 6) is -0.525. The fourth-order valence-electron chi connectivity index (χ4n) is 1.92. The molecular formula is C15H14Cl2N2O3S. The normalized spacial score (nSPS) is 11.1. The Bertz CT molecular complexity index is 825. The zero-order valence-corrected chi connectivity index (χ0v) is 14.5. The molecule has 2 aromatic rings. The van der Waals surface area contributed by atoms with Gasteiger partial charge in [0.05, 0.1) is 27.7 Å². The highest BCUT2D eigenvalue weighted by molar-refractivity contribution is 7.92. The van der Waals surface area contributed by atoms with Gasteiger partial charge in [-0.05, 0) is 24.3 Å². The van der Waals surface area contributed by atoms with E-state index in [0.717, 1.165) is 10.6 Å². The van der Waals surface area contributed by atoms with Crippen LogP contribution in [0.3, 0.4) is 0 Å². The molecule has 1 N–H and O–H groups in total. The first-order valence-electron chi connectivity index (χ1n) is 6.55. The molecule has 23 heavy (non-hydrogen) atoms. The summed E-state index contributed by atoms with van der Waals surface area (Å²) in [5, 5.41) is 3.19. The first-order chi connectivity index (χ1) is 10.8. The molecule has 0 saturated carbocycles. The van der Waals surface area contributed by atoms with Gasteiger partial charge in [-0.25, -0.2) is 8.42 Å². The number of nitrogens with zero attached hydrogens (tertiary/aromatic N) is 1. The Morgan fingerprint density at radius 1 is 1.04 bits per heavy atom. The highest BCUT2D eigenvalue weighted by atomic mass is 35.5. The molecule has 0 heterocycles. The smallest absolute Gasteiger partial charge is 0.245 e. The molecule has 0 aromatic heterocycles. The summed E-state index contributed by atoms with van der Waals surface area (Å²) in [6, 6.07) is 13.1. The molecule has 2 aromatic carbocycles. The van der Waals surface area contributed by atoms with E-state index < -0.39 is 22.5 Å². The lowest BCUT2D eigenvalue weighted by atomic mass is 10.3. The van der Waals surface area contributed by atoms with Gasteiger partial charge in [-0.3, -0.25) is 9.10 Å². The highest BCUT2D eigenvalue weighted by Crippen LogP contribution is 2.27. The van der Waals surface area contributed by atoms with Gasteiger partial charge in [0.25, 0.3) is 0 Å². The van der Waals surface area contributed by atoms with Gasteiger partial charge in [0, 0.05) is 0 Å². The van der Waals surface area contributed by atoms with Gasteiger partial charge >= 0.3 is 0 Å². The van der Waals surface area contributed by atoms with E-state index in [4.69, 9.17) is 23.2 Å². The molecule has 0 fully saturated rings. The van der Waals surface area contributed by atoms with Gasteiger partial charge < -0.3 is 5.32 Å². The third kappa shape index (κ3) is 4.60. The van der Waals surface area contributed by atoms with Crippen molar-refractivity contribution < 1.29 is 13.2 Å². The van der Waals surface area contributed by atoms with Crippen molar-refractivity contribution in [2.24, 2.45) is 0 Å². The van der Waals surface area contributed by atoms with E-state index in [0.29, 0.717) is 10.7 Å². The Labute approximate surface area is 144 Å². The van der Waals surface area contributed by atoms with E-state index in [9.17, 15) is 13.2 Å². The fourth-order valence-corrected chi connectivity index (χ4v) is 3.26. The van der Waals surface area contributed by atoms with Crippen LogP contribution in [0.25, 0.3) is 0 Å². The van der Waals surface area contributed by atoms with Crippen LogP contribution in [0.4, 0.5) is 11.4 Å².